The molecule has 1 aliphatic heterocycles. The Balaban J connectivity index is 2.19. The van der Waals surface area contributed by atoms with E-state index < -0.39 is 11.9 Å². The number of ether oxygens (including phenoxy) is 1. The van der Waals surface area contributed by atoms with Crippen LogP contribution in [0.25, 0.3) is 0 Å². The van der Waals surface area contributed by atoms with Crippen LogP contribution >= 0.6 is 0 Å². The smallest absolute Gasteiger partial charge is 0.305 e. The van der Waals surface area contributed by atoms with Gasteiger partial charge in [-0.1, -0.05) is 0 Å². The number of hydrogen-bond acceptors (Lipinski definition) is 4. The molecule has 0 aromatic rings. The maximum atomic E-state index is 10.4. The zero-order chi connectivity index (χ0) is 12.7. The van der Waals surface area contributed by atoms with Crippen LogP contribution in [-0.2, 0) is 14.3 Å². The van der Waals surface area contributed by atoms with E-state index in [1.165, 1.54) is 0 Å². The van der Waals surface area contributed by atoms with Gasteiger partial charge in [-0.15, -0.1) is 0 Å². The Bertz CT molecular complexity index is 269. The number of likely N-dealkylation sites (tertiary alicyclic amines) is 1. The van der Waals surface area contributed by atoms with Crippen molar-refractivity contribution in [1.29, 1.82) is 0 Å². The summed E-state index contributed by atoms with van der Waals surface area (Å²) in [6.45, 7) is 2.36. The predicted octanol–water partition coefficient (Wildman–Crippen LogP) is 0.417. The summed E-state index contributed by atoms with van der Waals surface area (Å²) in [4.78, 5) is 22.8. The van der Waals surface area contributed by atoms with Gasteiger partial charge in [-0.2, -0.15) is 0 Å². The summed E-state index contributed by atoms with van der Waals surface area (Å²) in [6.07, 6.45) is 2.09. The van der Waals surface area contributed by atoms with Crippen molar-refractivity contribution in [1.82, 2.24) is 4.90 Å². The summed E-state index contributed by atoms with van der Waals surface area (Å²) in [5.74, 6) is -1.65. The van der Waals surface area contributed by atoms with Crippen LogP contribution in [0.3, 0.4) is 0 Å². The Morgan fingerprint density at radius 2 is 1.94 bits per heavy atom. The molecule has 6 heteroatoms. The molecule has 1 aliphatic rings. The largest absolute Gasteiger partial charge is 0.481 e. The topological polar surface area (TPSA) is 87.1 Å². The van der Waals surface area contributed by atoms with Crippen LogP contribution in [0.15, 0.2) is 0 Å². The van der Waals surface area contributed by atoms with Crippen molar-refractivity contribution in [3.05, 3.63) is 0 Å². The van der Waals surface area contributed by atoms with Gasteiger partial charge in [0.05, 0.1) is 25.6 Å². The van der Waals surface area contributed by atoms with Crippen LogP contribution in [0.2, 0.25) is 0 Å². The number of piperidine rings is 1. The van der Waals surface area contributed by atoms with Crippen molar-refractivity contribution in [2.24, 2.45) is 0 Å². The van der Waals surface area contributed by atoms with E-state index in [9.17, 15) is 9.59 Å². The second-order valence-corrected chi connectivity index (χ2v) is 4.22. The number of rotatable bonds is 7. The number of carboxylic acids is 2. The molecule has 2 N–H and O–H groups in total. The zero-order valence-corrected chi connectivity index (χ0v) is 9.80. The molecular weight excluding hydrogens is 226 g/mol. The maximum Gasteiger partial charge on any atom is 0.305 e. The van der Waals surface area contributed by atoms with E-state index >= 15 is 0 Å². The van der Waals surface area contributed by atoms with E-state index in [4.69, 9.17) is 14.9 Å². The maximum absolute atomic E-state index is 10.4. The molecule has 0 aliphatic carbocycles. The minimum atomic E-state index is -0.858. The Morgan fingerprint density at radius 3 is 2.59 bits per heavy atom. The highest BCUT2D eigenvalue weighted by Crippen LogP contribution is 2.13. The second-order valence-electron chi connectivity index (χ2n) is 4.22. The number of carbonyl (C=O) groups is 2. The molecule has 0 radical (unpaired) electrons. The summed E-state index contributed by atoms with van der Waals surface area (Å²) in [6, 6.07) is 0. The molecule has 1 rings (SSSR count). The molecule has 0 saturated carbocycles. The van der Waals surface area contributed by atoms with Crippen LogP contribution in [0, 0.1) is 0 Å². The van der Waals surface area contributed by atoms with Gasteiger partial charge in [0, 0.05) is 13.1 Å². The SMILES string of the molecule is O=C(O)CCOC1CCCN(CCC(=O)O)C1. The van der Waals surface area contributed by atoms with Gasteiger partial charge in [-0.25, -0.2) is 0 Å². The molecule has 17 heavy (non-hydrogen) atoms. The fourth-order valence-corrected chi connectivity index (χ4v) is 1.92. The first-order chi connectivity index (χ1) is 8.08. The molecule has 0 bridgehead atoms. The van der Waals surface area contributed by atoms with Gasteiger partial charge >= 0.3 is 11.9 Å². The van der Waals surface area contributed by atoms with Gasteiger partial charge < -0.3 is 19.8 Å². The zero-order valence-electron chi connectivity index (χ0n) is 9.80. The average molecular weight is 245 g/mol. The Labute approximate surface area is 100 Å². The third kappa shape index (κ3) is 6.23. The fourth-order valence-electron chi connectivity index (χ4n) is 1.92. The normalized spacial score (nSPS) is 21.3. The third-order valence-corrected chi connectivity index (χ3v) is 2.77. The predicted molar refractivity (Wildman–Crippen MR) is 59.9 cm³/mol. The molecular formula is C11H19NO5. The molecule has 98 valence electrons. The standard InChI is InChI=1S/C11H19NO5/c13-10(14)3-6-12-5-1-2-9(8-12)17-7-4-11(15)16/h9H,1-8H2,(H,13,14)(H,15,16). The molecule has 1 fully saturated rings. The molecule has 0 aromatic heterocycles. The quantitative estimate of drug-likeness (QED) is 0.675. The van der Waals surface area contributed by atoms with Crippen molar-refractivity contribution in [3.8, 4) is 0 Å². The average Bonchev–Trinajstić information content (AvgIpc) is 2.26. The van der Waals surface area contributed by atoms with Crippen molar-refractivity contribution < 1.29 is 24.5 Å². The lowest BCUT2D eigenvalue weighted by atomic mass is 10.1. The van der Waals surface area contributed by atoms with Gasteiger partial charge in [0.15, 0.2) is 0 Å². The molecule has 1 saturated heterocycles. The summed E-state index contributed by atoms with van der Waals surface area (Å²) in [5, 5.41) is 17.1. The Kier molecular flexibility index (Phi) is 5.93. The van der Waals surface area contributed by atoms with E-state index in [2.05, 4.69) is 4.90 Å². The molecule has 6 nitrogen and oxygen atoms in total. The van der Waals surface area contributed by atoms with Crippen molar-refractivity contribution in [2.75, 3.05) is 26.2 Å². The molecule has 0 amide bonds. The van der Waals surface area contributed by atoms with Gasteiger partial charge in [0.2, 0.25) is 0 Å². The summed E-state index contributed by atoms with van der Waals surface area (Å²) < 4.78 is 5.46. The van der Waals surface area contributed by atoms with Gasteiger partial charge in [0.1, 0.15) is 0 Å². The van der Waals surface area contributed by atoms with Crippen LogP contribution < -0.4 is 0 Å². The number of carboxylic acid groups (broad SMARTS) is 2. The first-order valence-electron chi connectivity index (χ1n) is 5.85. The highest BCUT2D eigenvalue weighted by atomic mass is 16.5. The fraction of sp³-hybridized carbons (Fsp3) is 0.818. The molecule has 0 aromatic carbocycles. The minimum absolute atomic E-state index is 0.0195. The monoisotopic (exact) mass is 245 g/mol. The molecule has 0 spiro atoms. The summed E-state index contributed by atoms with van der Waals surface area (Å²) in [7, 11) is 0. The highest BCUT2D eigenvalue weighted by Gasteiger charge is 2.20. The van der Waals surface area contributed by atoms with E-state index in [-0.39, 0.29) is 25.6 Å². The third-order valence-electron chi connectivity index (χ3n) is 2.77. The van der Waals surface area contributed by atoms with Crippen molar-refractivity contribution in [3.63, 3.8) is 0 Å². The highest BCUT2D eigenvalue weighted by molar-refractivity contribution is 5.67. The Hall–Kier alpha value is -1.14. The van der Waals surface area contributed by atoms with Gasteiger partial charge in [-0.3, -0.25) is 9.59 Å². The van der Waals surface area contributed by atoms with E-state index in [0.717, 1.165) is 19.4 Å². The van der Waals surface area contributed by atoms with Gasteiger partial charge in [0.25, 0.3) is 0 Å². The van der Waals surface area contributed by atoms with E-state index in [1.54, 1.807) is 0 Å². The number of nitrogens with zero attached hydrogens (tertiary/aromatic N) is 1. The molecule has 1 atom stereocenters. The molecule has 1 unspecified atom stereocenters. The van der Waals surface area contributed by atoms with Crippen LogP contribution in [0.4, 0.5) is 0 Å². The van der Waals surface area contributed by atoms with Crippen molar-refractivity contribution in [2.45, 2.75) is 31.8 Å². The molecule has 1 heterocycles. The van der Waals surface area contributed by atoms with Crippen molar-refractivity contribution >= 4 is 11.9 Å². The Morgan fingerprint density at radius 1 is 1.24 bits per heavy atom. The first-order valence-corrected chi connectivity index (χ1v) is 5.85. The second kappa shape index (κ2) is 7.24. The van der Waals surface area contributed by atoms with Crippen LogP contribution in [-0.4, -0.2) is 59.4 Å². The summed E-state index contributed by atoms with van der Waals surface area (Å²) in [5.41, 5.74) is 0. The lowest BCUT2D eigenvalue weighted by molar-refractivity contribution is -0.140. The number of hydrogen-bond donors (Lipinski definition) is 2. The lowest BCUT2D eigenvalue weighted by Gasteiger charge is -2.32. The van der Waals surface area contributed by atoms with E-state index in [0.29, 0.717) is 13.1 Å². The van der Waals surface area contributed by atoms with Gasteiger partial charge in [-0.05, 0) is 19.4 Å². The van der Waals surface area contributed by atoms with Crippen LogP contribution in [0.1, 0.15) is 25.7 Å². The first kappa shape index (κ1) is 13.9. The lowest BCUT2D eigenvalue weighted by Crippen LogP contribution is -2.40. The summed E-state index contributed by atoms with van der Waals surface area (Å²) >= 11 is 0. The van der Waals surface area contributed by atoms with E-state index in [1.807, 2.05) is 0 Å². The van der Waals surface area contributed by atoms with Crippen LogP contribution in [0.5, 0.6) is 0 Å². The number of aliphatic carboxylic acids is 2. The minimum Gasteiger partial charge on any atom is -0.481 e.